The van der Waals surface area contributed by atoms with Gasteiger partial charge in [0.05, 0.1) is 11.3 Å². The van der Waals surface area contributed by atoms with Crippen LogP contribution in [0.15, 0.2) is 24.3 Å². The van der Waals surface area contributed by atoms with Gasteiger partial charge in [0.1, 0.15) is 0 Å². The van der Waals surface area contributed by atoms with Gasteiger partial charge in [-0.2, -0.15) is 0 Å². The van der Waals surface area contributed by atoms with E-state index in [1.54, 1.807) is 0 Å². The van der Waals surface area contributed by atoms with E-state index in [0.29, 0.717) is 17.3 Å². The van der Waals surface area contributed by atoms with Gasteiger partial charge in [-0.1, -0.05) is 12.1 Å². The second-order valence-electron chi connectivity index (χ2n) is 5.79. The number of para-hydroxylation sites is 1. The second kappa shape index (κ2) is 5.42. The number of nitrogens with zero attached hydrogens (tertiary/aromatic N) is 2. The van der Waals surface area contributed by atoms with Crippen molar-refractivity contribution in [3.63, 3.8) is 0 Å². The number of amides is 1. The Bertz CT molecular complexity index is 504. The molecule has 2 atom stereocenters. The predicted molar refractivity (Wildman–Crippen MR) is 79.3 cm³/mol. The highest BCUT2D eigenvalue weighted by atomic mass is 16.2. The summed E-state index contributed by atoms with van der Waals surface area (Å²) in [6.45, 7) is 5.12. The molecule has 2 heterocycles. The summed E-state index contributed by atoms with van der Waals surface area (Å²) in [5, 5.41) is 0. The third kappa shape index (κ3) is 2.27. The molecule has 5 nitrogen and oxygen atoms in total. The third-order valence-electron chi connectivity index (χ3n) is 4.51. The fourth-order valence-electron chi connectivity index (χ4n) is 3.42. The van der Waals surface area contributed by atoms with Gasteiger partial charge in [-0.25, -0.2) is 0 Å². The lowest BCUT2D eigenvalue weighted by molar-refractivity contribution is 0.0396. The Kier molecular flexibility index (Phi) is 3.63. The van der Waals surface area contributed by atoms with E-state index in [4.69, 9.17) is 5.84 Å². The van der Waals surface area contributed by atoms with Crippen molar-refractivity contribution in [1.29, 1.82) is 0 Å². The average molecular weight is 274 g/mol. The van der Waals surface area contributed by atoms with Gasteiger partial charge in [-0.15, -0.1) is 0 Å². The number of piperazine rings is 1. The van der Waals surface area contributed by atoms with Crippen molar-refractivity contribution < 1.29 is 4.79 Å². The van der Waals surface area contributed by atoms with E-state index in [1.165, 1.54) is 19.4 Å². The van der Waals surface area contributed by atoms with Crippen LogP contribution in [0, 0.1) is 0 Å². The topological polar surface area (TPSA) is 61.6 Å². The van der Waals surface area contributed by atoms with Gasteiger partial charge in [0.15, 0.2) is 0 Å². The van der Waals surface area contributed by atoms with Crippen molar-refractivity contribution in [2.45, 2.75) is 31.8 Å². The summed E-state index contributed by atoms with van der Waals surface area (Å²) in [4.78, 5) is 17.3. The first-order valence-corrected chi connectivity index (χ1v) is 7.31. The molecule has 20 heavy (non-hydrogen) atoms. The number of hydrogen-bond donors (Lipinski definition) is 2. The number of nitrogens with two attached hydrogens (primary N) is 1. The van der Waals surface area contributed by atoms with E-state index in [2.05, 4.69) is 17.2 Å². The van der Waals surface area contributed by atoms with Crippen LogP contribution in [0.5, 0.6) is 0 Å². The van der Waals surface area contributed by atoms with Crippen molar-refractivity contribution in [1.82, 2.24) is 9.80 Å². The first-order valence-electron chi connectivity index (χ1n) is 7.31. The Morgan fingerprint density at radius 2 is 2.15 bits per heavy atom. The van der Waals surface area contributed by atoms with E-state index in [0.717, 1.165) is 13.1 Å². The highest BCUT2D eigenvalue weighted by molar-refractivity contribution is 5.99. The maximum Gasteiger partial charge on any atom is 0.256 e. The molecule has 2 saturated heterocycles. The number of hydrogen-bond acceptors (Lipinski definition) is 4. The van der Waals surface area contributed by atoms with E-state index in [9.17, 15) is 4.79 Å². The highest BCUT2D eigenvalue weighted by Gasteiger charge is 2.37. The number of anilines is 1. The van der Waals surface area contributed by atoms with Crippen LogP contribution in [0.25, 0.3) is 0 Å². The Hall–Kier alpha value is -1.59. The second-order valence-corrected chi connectivity index (χ2v) is 5.79. The molecule has 1 aromatic carbocycles. The molecule has 3 N–H and O–H groups in total. The fraction of sp³-hybridized carbons (Fsp3) is 0.533. The largest absolute Gasteiger partial charge is 0.333 e. The summed E-state index contributed by atoms with van der Waals surface area (Å²) >= 11 is 0. The zero-order chi connectivity index (χ0) is 14.1. The standard InChI is InChI=1S/C15H22N4O/c1-11-9-18-8-4-5-12(18)10-19(11)15(20)13-6-2-3-7-14(13)17-16/h2-3,6-7,11-12,17H,4-5,8-10,16H2,1H3. The van der Waals surface area contributed by atoms with E-state index in [-0.39, 0.29) is 11.9 Å². The van der Waals surface area contributed by atoms with Gasteiger partial charge >= 0.3 is 0 Å². The minimum atomic E-state index is 0.0811. The van der Waals surface area contributed by atoms with Crippen molar-refractivity contribution in [2.75, 3.05) is 25.1 Å². The van der Waals surface area contributed by atoms with Gasteiger partial charge in [-0.05, 0) is 38.4 Å². The third-order valence-corrected chi connectivity index (χ3v) is 4.51. The summed E-state index contributed by atoms with van der Waals surface area (Å²) in [5.74, 6) is 5.59. The van der Waals surface area contributed by atoms with Crippen LogP contribution in [0.1, 0.15) is 30.1 Å². The Morgan fingerprint density at radius 3 is 2.95 bits per heavy atom. The molecule has 2 aliphatic heterocycles. The lowest BCUT2D eigenvalue weighted by Gasteiger charge is -2.42. The molecule has 1 amide bonds. The van der Waals surface area contributed by atoms with Crippen molar-refractivity contribution in [3.05, 3.63) is 29.8 Å². The first kappa shape index (κ1) is 13.4. The summed E-state index contributed by atoms with van der Waals surface area (Å²) in [6, 6.07) is 8.22. The Labute approximate surface area is 119 Å². The van der Waals surface area contributed by atoms with Gasteiger partial charge in [0.25, 0.3) is 5.91 Å². The molecule has 0 aliphatic carbocycles. The van der Waals surface area contributed by atoms with E-state index >= 15 is 0 Å². The van der Waals surface area contributed by atoms with Crippen LogP contribution >= 0.6 is 0 Å². The minimum Gasteiger partial charge on any atom is -0.333 e. The van der Waals surface area contributed by atoms with Crippen molar-refractivity contribution >= 4 is 11.6 Å². The number of rotatable bonds is 2. The highest BCUT2D eigenvalue weighted by Crippen LogP contribution is 2.27. The molecular formula is C15H22N4O. The Morgan fingerprint density at radius 1 is 1.35 bits per heavy atom. The molecule has 0 spiro atoms. The normalized spacial score (nSPS) is 26.4. The monoisotopic (exact) mass is 274 g/mol. The molecule has 2 unspecified atom stereocenters. The maximum absolute atomic E-state index is 12.8. The molecule has 2 fully saturated rings. The SMILES string of the molecule is CC1CN2CCCC2CN1C(=O)c1ccccc1NN. The molecular weight excluding hydrogens is 252 g/mol. The quantitative estimate of drug-likeness (QED) is 0.630. The number of hydrazine groups is 1. The number of nitrogens with one attached hydrogen (secondary N) is 1. The predicted octanol–water partition coefficient (Wildman–Crippen LogP) is 1.28. The van der Waals surface area contributed by atoms with Crippen LogP contribution in [-0.4, -0.2) is 47.4 Å². The molecule has 0 saturated carbocycles. The molecule has 0 bridgehead atoms. The van der Waals surface area contributed by atoms with Crippen LogP contribution in [0.4, 0.5) is 5.69 Å². The van der Waals surface area contributed by atoms with Gasteiger partial charge in [0.2, 0.25) is 0 Å². The summed E-state index contributed by atoms with van der Waals surface area (Å²) < 4.78 is 0. The molecule has 1 aromatic rings. The van der Waals surface area contributed by atoms with Crippen LogP contribution in [0.3, 0.4) is 0 Å². The first-order chi connectivity index (χ1) is 9.70. The average Bonchev–Trinajstić information content (AvgIpc) is 2.92. The molecule has 0 radical (unpaired) electrons. The number of carbonyl (C=O) groups excluding carboxylic acids is 1. The van der Waals surface area contributed by atoms with Crippen molar-refractivity contribution in [2.24, 2.45) is 5.84 Å². The molecule has 5 heteroatoms. The summed E-state index contributed by atoms with van der Waals surface area (Å²) in [6.07, 6.45) is 2.45. The maximum atomic E-state index is 12.8. The smallest absolute Gasteiger partial charge is 0.256 e. The van der Waals surface area contributed by atoms with Crippen LogP contribution in [-0.2, 0) is 0 Å². The summed E-state index contributed by atoms with van der Waals surface area (Å²) in [7, 11) is 0. The van der Waals surface area contributed by atoms with Gasteiger partial charge < -0.3 is 10.3 Å². The minimum absolute atomic E-state index is 0.0811. The Balaban J connectivity index is 1.82. The molecule has 108 valence electrons. The zero-order valence-corrected chi connectivity index (χ0v) is 11.9. The molecule has 3 rings (SSSR count). The lowest BCUT2D eigenvalue weighted by Crippen LogP contribution is -2.56. The summed E-state index contributed by atoms with van der Waals surface area (Å²) in [5.41, 5.74) is 3.97. The van der Waals surface area contributed by atoms with Gasteiger partial charge in [-0.3, -0.25) is 15.5 Å². The number of nitrogen functional groups attached to an aromatic ring is 1. The number of benzene rings is 1. The van der Waals surface area contributed by atoms with Gasteiger partial charge in [0, 0.05) is 25.2 Å². The van der Waals surface area contributed by atoms with Crippen LogP contribution in [0.2, 0.25) is 0 Å². The number of carbonyl (C=O) groups is 1. The number of fused-ring (bicyclic) bond motifs is 1. The zero-order valence-electron chi connectivity index (χ0n) is 11.9. The lowest BCUT2D eigenvalue weighted by atomic mass is 10.1. The van der Waals surface area contributed by atoms with Crippen LogP contribution < -0.4 is 11.3 Å². The van der Waals surface area contributed by atoms with E-state index in [1.807, 2.05) is 29.2 Å². The fourth-order valence-corrected chi connectivity index (χ4v) is 3.42. The molecule has 0 aromatic heterocycles. The van der Waals surface area contributed by atoms with E-state index < -0.39 is 0 Å². The molecule has 2 aliphatic rings. The van der Waals surface area contributed by atoms with Crippen molar-refractivity contribution in [3.8, 4) is 0 Å².